The number of benzene rings is 6. The first-order valence-electron chi connectivity index (χ1n) is 15.9. The summed E-state index contributed by atoms with van der Waals surface area (Å²) >= 11 is 6.74. The monoisotopic (exact) mass is 794 g/mol. The van der Waals surface area contributed by atoms with E-state index in [1.807, 2.05) is 84.9 Å². The first-order valence-corrected chi connectivity index (χ1v) is 17.5. The fraction of sp³-hybridized carbons (Fsp3) is 0.0952. The number of alkyl halides is 2. The fourth-order valence-corrected chi connectivity index (χ4v) is 5.80. The average Bonchev–Trinajstić information content (AvgIpc) is 3.14. The van der Waals surface area contributed by atoms with Gasteiger partial charge in [-0.25, -0.2) is 8.78 Å². The number of amides is 2. The summed E-state index contributed by atoms with van der Waals surface area (Å²) < 4.78 is 31.7. The van der Waals surface area contributed by atoms with Gasteiger partial charge in [0.25, 0.3) is 11.8 Å². The lowest BCUT2D eigenvalue weighted by molar-refractivity contribution is 0.101. The van der Waals surface area contributed by atoms with Gasteiger partial charge in [-0.3, -0.25) is 9.59 Å². The summed E-state index contributed by atoms with van der Waals surface area (Å²) in [6.07, 6.45) is -2.05. The summed E-state index contributed by atoms with van der Waals surface area (Å²) in [6, 6.07) is 47.0. The molecule has 0 unspecified atom stereocenters. The van der Waals surface area contributed by atoms with E-state index in [2.05, 4.69) is 42.5 Å². The van der Waals surface area contributed by atoms with Gasteiger partial charge in [0, 0.05) is 44.3 Å². The second-order valence-electron chi connectivity index (χ2n) is 11.4. The zero-order valence-electron chi connectivity index (χ0n) is 26.9. The third-order valence-corrected chi connectivity index (χ3v) is 8.86. The molecule has 4 nitrogen and oxygen atoms in total. The smallest absolute Gasteiger partial charge is 0.256 e. The predicted molar refractivity (Wildman–Crippen MR) is 205 cm³/mol. The summed E-state index contributed by atoms with van der Waals surface area (Å²) in [6.45, 7) is 0. The molecule has 0 aromatic heterocycles. The van der Waals surface area contributed by atoms with E-state index < -0.39 is 12.3 Å². The highest BCUT2D eigenvalue weighted by Crippen LogP contribution is 2.28. The van der Waals surface area contributed by atoms with Crippen LogP contribution in [0.1, 0.15) is 55.3 Å². The van der Waals surface area contributed by atoms with Crippen LogP contribution in [0.25, 0.3) is 0 Å². The third-order valence-electron chi connectivity index (χ3n) is 7.81. The molecule has 8 heteroatoms. The Labute approximate surface area is 307 Å². The standard InChI is InChI=1S/2C21H17BrFNO/c2*22-16-12-10-15(11-13-16)14-20(23)18-8-4-5-9-19(18)21(25)24-17-6-2-1-3-7-17/h2*1-13,20H,14H2,(H,24,25)/t2*20-/m11/s1. The number of halogens is 4. The van der Waals surface area contributed by atoms with E-state index in [-0.39, 0.29) is 24.7 Å². The van der Waals surface area contributed by atoms with Crippen molar-refractivity contribution in [2.75, 3.05) is 10.6 Å². The van der Waals surface area contributed by atoms with Crippen molar-refractivity contribution in [1.82, 2.24) is 0 Å². The molecule has 50 heavy (non-hydrogen) atoms. The number of hydrogen-bond acceptors (Lipinski definition) is 2. The second kappa shape index (κ2) is 18.2. The Morgan fingerprint density at radius 2 is 0.780 bits per heavy atom. The van der Waals surface area contributed by atoms with Gasteiger partial charge in [0.05, 0.1) is 0 Å². The Bertz CT molecular complexity index is 1850. The van der Waals surface area contributed by atoms with Crippen molar-refractivity contribution in [3.63, 3.8) is 0 Å². The second-order valence-corrected chi connectivity index (χ2v) is 13.2. The SMILES string of the molecule is O=C(Nc1ccccc1)c1ccccc1[C@H](F)Cc1ccc(Br)cc1.O=C(Nc1ccccc1)c1ccccc1[C@H](F)Cc1ccc(Br)cc1. The molecule has 0 aliphatic heterocycles. The maximum absolute atomic E-state index is 14.9. The van der Waals surface area contributed by atoms with Crippen LogP contribution in [-0.4, -0.2) is 11.8 Å². The molecule has 0 spiro atoms. The average molecular weight is 797 g/mol. The molecule has 0 heterocycles. The van der Waals surface area contributed by atoms with Crippen LogP contribution in [0, 0.1) is 0 Å². The normalized spacial score (nSPS) is 11.8. The van der Waals surface area contributed by atoms with Gasteiger partial charge in [-0.05, 0) is 82.9 Å². The van der Waals surface area contributed by atoms with Crippen LogP contribution in [0.15, 0.2) is 167 Å². The van der Waals surface area contributed by atoms with E-state index in [1.54, 1.807) is 72.8 Å². The van der Waals surface area contributed by atoms with E-state index in [9.17, 15) is 18.4 Å². The Kier molecular flexibility index (Phi) is 13.2. The first kappa shape index (κ1) is 36.4. The summed E-state index contributed by atoms with van der Waals surface area (Å²) in [5.41, 5.74) is 4.66. The minimum atomic E-state index is -1.25. The van der Waals surface area contributed by atoms with Gasteiger partial charge in [-0.2, -0.15) is 0 Å². The Balaban J connectivity index is 0.000000194. The summed E-state index contributed by atoms with van der Waals surface area (Å²) in [5.74, 6) is -0.611. The van der Waals surface area contributed by atoms with E-state index in [0.717, 1.165) is 20.1 Å². The lowest BCUT2D eigenvalue weighted by Gasteiger charge is -2.14. The minimum Gasteiger partial charge on any atom is -0.322 e. The van der Waals surface area contributed by atoms with Gasteiger partial charge < -0.3 is 10.6 Å². The minimum absolute atomic E-state index is 0.225. The Morgan fingerprint density at radius 3 is 1.14 bits per heavy atom. The molecular weight excluding hydrogens is 762 g/mol. The van der Waals surface area contributed by atoms with Gasteiger partial charge in [0.15, 0.2) is 0 Å². The van der Waals surface area contributed by atoms with Gasteiger partial charge in [0.2, 0.25) is 0 Å². The van der Waals surface area contributed by atoms with Crippen LogP contribution < -0.4 is 10.6 Å². The molecule has 6 aromatic carbocycles. The molecule has 0 fully saturated rings. The van der Waals surface area contributed by atoms with Gasteiger partial charge >= 0.3 is 0 Å². The molecule has 2 N–H and O–H groups in total. The third kappa shape index (κ3) is 10.5. The van der Waals surface area contributed by atoms with Crippen molar-refractivity contribution in [2.24, 2.45) is 0 Å². The zero-order valence-corrected chi connectivity index (χ0v) is 30.1. The number of para-hydroxylation sites is 2. The van der Waals surface area contributed by atoms with Crippen molar-refractivity contribution < 1.29 is 18.4 Å². The fourth-order valence-electron chi connectivity index (χ4n) is 5.27. The number of anilines is 2. The van der Waals surface area contributed by atoms with Gasteiger partial charge in [-0.1, -0.05) is 129 Å². The molecular formula is C42H34Br2F2N2O2. The summed E-state index contributed by atoms with van der Waals surface area (Å²) in [4.78, 5) is 25.1. The van der Waals surface area contributed by atoms with Crippen LogP contribution in [0.4, 0.5) is 20.2 Å². The van der Waals surface area contributed by atoms with Crippen molar-refractivity contribution in [1.29, 1.82) is 0 Å². The maximum atomic E-state index is 14.9. The van der Waals surface area contributed by atoms with E-state index in [4.69, 9.17) is 0 Å². The maximum Gasteiger partial charge on any atom is 0.256 e. The van der Waals surface area contributed by atoms with Gasteiger partial charge in [-0.15, -0.1) is 0 Å². The highest BCUT2D eigenvalue weighted by Gasteiger charge is 2.20. The lowest BCUT2D eigenvalue weighted by atomic mass is 9.97. The Hall–Kier alpha value is -4.92. The number of hydrogen-bond donors (Lipinski definition) is 2. The van der Waals surface area contributed by atoms with Crippen molar-refractivity contribution in [2.45, 2.75) is 25.2 Å². The molecule has 0 radical (unpaired) electrons. The van der Waals surface area contributed by atoms with Gasteiger partial charge in [0.1, 0.15) is 12.3 Å². The zero-order chi connectivity index (χ0) is 35.3. The number of nitrogens with one attached hydrogen (secondary N) is 2. The summed E-state index contributed by atoms with van der Waals surface area (Å²) in [7, 11) is 0. The molecule has 2 atom stereocenters. The molecule has 0 saturated carbocycles. The number of carbonyl (C=O) groups excluding carboxylic acids is 2. The largest absolute Gasteiger partial charge is 0.322 e. The molecule has 2 amide bonds. The predicted octanol–water partition coefficient (Wildman–Crippen LogP) is 11.9. The molecule has 6 aromatic rings. The topological polar surface area (TPSA) is 58.2 Å². The number of rotatable bonds is 10. The van der Waals surface area contributed by atoms with Crippen LogP contribution in [0.5, 0.6) is 0 Å². The molecule has 0 aliphatic rings. The van der Waals surface area contributed by atoms with E-state index >= 15 is 0 Å². The van der Waals surface area contributed by atoms with Crippen molar-refractivity contribution >= 4 is 55.0 Å². The van der Waals surface area contributed by atoms with Crippen LogP contribution in [0.2, 0.25) is 0 Å². The summed E-state index contributed by atoms with van der Waals surface area (Å²) in [5, 5.41) is 5.63. The van der Waals surface area contributed by atoms with E-state index in [0.29, 0.717) is 33.6 Å². The van der Waals surface area contributed by atoms with Crippen molar-refractivity contribution in [3.8, 4) is 0 Å². The molecule has 252 valence electrons. The molecule has 6 rings (SSSR count). The highest BCUT2D eigenvalue weighted by molar-refractivity contribution is 9.10. The Morgan fingerprint density at radius 1 is 0.460 bits per heavy atom. The van der Waals surface area contributed by atoms with Crippen LogP contribution in [0.3, 0.4) is 0 Å². The number of carbonyl (C=O) groups is 2. The van der Waals surface area contributed by atoms with Crippen molar-refractivity contribution in [3.05, 3.63) is 200 Å². The highest BCUT2D eigenvalue weighted by atomic mass is 79.9. The molecule has 0 bridgehead atoms. The first-order chi connectivity index (χ1) is 24.3. The molecule has 0 saturated heterocycles. The van der Waals surface area contributed by atoms with Crippen LogP contribution in [-0.2, 0) is 12.8 Å². The quantitative estimate of drug-likeness (QED) is 0.145. The lowest BCUT2D eigenvalue weighted by Crippen LogP contribution is -2.15. The van der Waals surface area contributed by atoms with Crippen LogP contribution >= 0.6 is 31.9 Å². The van der Waals surface area contributed by atoms with E-state index in [1.165, 1.54) is 0 Å². The molecule has 0 aliphatic carbocycles.